The summed E-state index contributed by atoms with van der Waals surface area (Å²) in [6, 6.07) is 4.44. The SMILES string of the molecule is Cc1cc(OCC(=O)N2CCOCC2)ccc1[N+](=O)[O-]. The van der Waals surface area contributed by atoms with E-state index in [1.807, 2.05) is 0 Å². The highest BCUT2D eigenvalue weighted by Gasteiger charge is 2.17. The molecule has 1 aliphatic heterocycles. The van der Waals surface area contributed by atoms with Crippen molar-refractivity contribution < 1.29 is 19.2 Å². The van der Waals surface area contributed by atoms with Crippen LogP contribution in [0.1, 0.15) is 5.56 Å². The molecule has 0 atom stereocenters. The predicted octanol–water partition coefficient (Wildman–Crippen LogP) is 1.14. The van der Waals surface area contributed by atoms with Gasteiger partial charge in [0.1, 0.15) is 5.75 Å². The number of nitrogens with zero attached hydrogens (tertiary/aromatic N) is 2. The summed E-state index contributed by atoms with van der Waals surface area (Å²) in [5.41, 5.74) is 0.545. The van der Waals surface area contributed by atoms with Crippen LogP contribution in [0.2, 0.25) is 0 Å². The van der Waals surface area contributed by atoms with Crippen molar-refractivity contribution in [1.29, 1.82) is 0 Å². The number of morpholine rings is 1. The molecule has 0 aromatic heterocycles. The second-order valence-electron chi connectivity index (χ2n) is 4.49. The molecule has 0 N–H and O–H groups in total. The maximum Gasteiger partial charge on any atom is 0.272 e. The standard InChI is InChI=1S/C13H16N2O5/c1-10-8-11(2-3-12(10)15(17)18)20-9-13(16)14-4-6-19-7-5-14/h2-3,8H,4-7,9H2,1H3. The van der Waals surface area contributed by atoms with Crippen molar-refractivity contribution in [2.24, 2.45) is 0 Å². The first-order valence-corrected chi connectivity index (χ1v) is 6.31. The number of carbonyl (C=O) groups is 1. The average molecular weight is 280 g/mol. The van der Waals surface area contributed by atoms with Gasteiger partial charge in [-0.1, -0.05) is 0 Å². The van der Waals surface area contributed by atoms with Crippen LogP contribution in [0.25, 0.3) is 0 Å². The van der Waals surface area contributed by atoms with Gasteiger partial charge in [-0.15, -0.1) is 0 Å². The van der Waals surface area contributed by atoms with Crippen LogP contribution >= 0.6 is 0 Å². The Balaban J connectivity index is 1.92. The second kappa shape index (κ2) is 6.33. The lowest BCUT2D eigenvalue weighted by Crippen LogP contribution is -2.42. The van der Waals surface area contributed by atoms with Gasteiger partial charge >= 0.3 is 0 Å². The molecule has 1 aromatic carbocycles. The Labute approximate surface area is 116 Å². The lowest BCUT2D eigenvalue weighted by atomic mass is 10.2. The Morgan fingerprint density at radius 2 is 2.15 bits per heavy atom. The van der Waals surface area contributed by atoms with Gasteiger partial charge in [0.15, 0.2) is 6.61 Å². The van der Waals surface area contributed by atoms with Gasteiger partial charge in [-0.2, -0.15) is 0 Å². The van der Waals surface area contributed by atoms with Gasteiger partial charge in [-0.3, -0.25) is 14.9 Å². The number of carbonyl (C=O) groups excluding carboxylic acids is 1. The van der Waals surface area contributed by atoms with E-state index >= 15 is 0 Å². The third-order valence-electron chi connectivity index (χ3n) is 3.09. The lowest BCUT2D eigenvalue weighted by Gasteiger charge is -2.26. The van der Waals surface area contributed by atoms with Crippen molar-refractivity contribution >= 4 is 11.6 Å². The Hall–Kier alpha value is -2.15. The molecule has 0 unspecified atom stereocenters. The number of benzene rings is 1. The van der Waals surface area contributed by atoms with Crippen LogP contribution in [0.5, 0.6) is 5.75 Å². The van der Waals surface area contributed by atoms with Crippen LogP contribution in [-0.2, 0) is 9.53 Å². The van der Waals surface area contributed by atoms with Gasteiger partial charge in [0.25, 0.3) is 11.6 Å². The molecule has 108 valence electrons. The van der Waals surface area contributed by atoms with E-state index < -0.39 is 4.92 Å². The number of nitro groups is 1. The molecule has 0 bridgehead atoms. The van der Waals surface area contributed by atoms with Crippen LogP contribution < -0.4 is 4.74 Å². The number of ether oxygens (including phenoxy) is 2. The summed E-state index contributed by atoms with van der Waals surface area (Å²) in [5, 5.41) is 10.7. The summed E-state index contributed by atoms with van der Waals surface area (Å²) in [4.78, 5) is 23.8. The minimum Gasteiger partial charge on any atom is -0.484 e. The Kier molecular flexibility index (Phi) is 4.52. The molecular weight excluding hydrogens is 264 g/mol. The highest BCUT2D eigenvalue weighted by Crippen LogP contribution is 2.23. The highest BCUT2D eigenvalue weighted by atomic mass is 16.6. The van der Waals surface area contributed by atoms with Crippen molar-refractivity contribution in [2.75, 3.05) is 32.9 Å². The zero-order chi connectivity index (χ0) is 14.5. The average Bonchev–Trinajstić information content (AvgIpc) is 2.45. The number of rotatable bonds is 4. The first-order valence-electron chi connectivity index (χ1n) is 6.31. The van der Waals surface area contributed by atoms with E-state index in [1.54, 1.807) is 17.9 Å². The summed E-state index contributed by atoms with van der Waals surface area (Å²) >= 11 is 0. The molecule has 7 heteroatoms. The van der Waals surface area contributed by atoms with Crippen LogP contribution in [0.3, 0.4) is 0 Å². The van der Waals surface area contributed by atoms with Crippen molar-refractivity contribution in [3.63, 3.8) is 0 Å². The second-order valence-corrected chi connectivity index (χ2v) is 4.49. The first kappa shape index (κ1) is 14.3. The van der Waals surface area contributed by atoms with Crippen LogP contribution in [0, 0.1) is 17.0 Å². The van der Waals surface area contributed by atoms with Gasteiger partial charge < -0.3 is 14.4 Å². The van der Waals surface area contributed by atoms with Crippen molar-refractivity contribution in [3.05, 3.63) is 33.9 Å². The molecule has 1 aromatic rings. The maximum atomic E-state index is 11.9. The molecule has 0 radical (unpaired) electrons. The largest absolute Gasteiger partial charge is 0.484 e. The molecule has 1 saturated heterocycles. The molecule has 0 saturated carbocycles. The third kappa shape index (κ3) is 3.45. The van der Waals surface area contributed by atoms with Gasteiger partial charge in [0.2, 0.25) is 0 Å². The lowest BCUT2D eigenvalue weighted by molar-refractivity contribution is -0.385. The zero-order valence-corrected chi connectivity index (χ0v) is 11.2. The Morgan fingerprint density at radius 3 is 2.75 bits per heavy atom. The quantitative estimate of drug-likeness (QED) is 0.610. The number of hydrogen-bond acceptors (Lipinski definition) is 5. The fraction of sp³-hybridized carbons (Fsp3) is 0.462. The maximum absolute atomic E-state index is 11.9. The molecule has 1 fully saturated rings. The van der Waals surface area contributed by atoms with E-state index in [-0.39, 0.29) is 18.2 Å². The van der Waals surface area contributed by atoms with Gasteiger partial charge in [0.05, 0.1) is 18.1 Å². The molecule has 20 heavy (non-hydrogen) atoms. The van der Waals surface area contributed by atoms with E-state index in [9.17, 15) is 14.9 Å². The summed E-state index contributed by atoms with van der Waals surface area (Å²) in [6.07, 6.45) is 0. The van der Waals surface area contributed by atoms with Gasteiger partial charge in [0, 0.05) is 24.7 Å². The van der Waals surface area contributed by atoms with E-state index in [0.717, 1.165) is 0 Å². The minimum atomic E-state index is -0.446. The zero-order valence-electron chi connectivity index (χ0n) is 11.2. The van der Waals surface area contributed by atoms with E-state index in [1.165, 1.54) is 12.1 Å². The van der Waals surface area contributed by atoms with Gasteiger partial charge in [-0.25, -0.2) is 0 Å². The molecule has 2 rings (SSSR count). The molecule has 1 aliphatic rings. The Bertz CT molecular complexity index is 511. The fourth-order valence-electron chi connectivity index (χ4n) is 1.97. The fourth-order valence-corrected chi connectivity index (χ4v) is 1.97. The summed E-state index contributed by atoms with van der Waals surface area (Å²) < 4.78 is 10.5. The molecule has 7 nitrogen and oxygen atoms in total. The molecule has 0 aliphatic carbocycles. The van der Waals surface area contributed by atoms with Crippen LogP contribution in [0.15, 0.2) is 18.2 Å². The molecule has 1 amide bonds. The summed E-state index contributed by atoms with van der Waals surface area (Å²) in [6.45, 7) is 3.79. The summed E-state index contributed by atoms with van der Waals surface area (Å²) in [7, 11) is 0. The van der Waals surface area contributed by atoms with Crippen molar-refractivity contribution in [3.8, 4) is 5.75 Å². The third-order valence-corrected chi connectivity index (χ3v) is 3.09. The van der Waals surface area contributed by atoms with Crippen molar-refractivity contribution in [2.45, 2.75) is 6.92 Å². The smallest absolute Gasteiger partial charge is 0.272 e. The normalized spacial score (nSPS) is 14.9. The van der Waals surface area contributed by atoms with Crippen molar-refractivity contribution in [1.82, 2.24) is 4.90 Å². The first-order chi connectivity index (χ1) is 9.58. The number of aryl methyl sites for hydroxylation is 1. The molecule has 1 heterocycles. The highest BCUT2D eigenvalue weighted by molar-refractivity contribution is 5.77. The predicted molar refractivity (Wildman–Crippen MR) is 70.7 cm³/mol. The number of amides is 1. The van der Waals surface area contributed by atoms with Crippen LogP contribution in [0.4, 0.5) is 5.69 Å². The summed E-state index contributed by atoms with van der Waals surface area (Å²) in [5.74, 6) is 0.346. The van der Waals surface area contributed by atoms with Crippen LogP contribution in [-0.4, -0.2) is 48.6 Å². The topological polar surface area (TPSA) is 81.9 Å². The number of nitro benzene ring substituents is 1. The number of hydrogen-bond donors (Lipinski definition) is 0. The molecule has 0 spiro atoms. The monoisotopic (exact) mass is 280 g/mol. The Morgan fingerprint density at radius 1 is 1.45 bits per heavy atom. The minimum absolute atomic E-state index is 0.0388. The van der Waals surface area contributed by atoms with E-state index in [4.69, 9.17) is 9.47 Å². The van der Waals surface area contributed by atoms with Gasteiger partial charge in [-0.05, 0) is 19.1 Å². The van der Waals surface area contributed by atoms with E-state index in [0.29, 0.717) is 37.6 Å². The van der Waals surface area contributed by atoms with E-state index in [2.05, 4.69) is 0 Å². The molecular formula is C13H16N2O5.